The smallest absolute Gasteiger partial charge is 0.242 e. The van der Waals surface area contributed by atoms with Crippen molar-refractivity contribution in [2.24, 2.45) is 0 Å². The van der Waals surface area contributed by atoms with Crippen molar-refractivity contribution in [2.75, 3.05) is 11.4 Å². The SMILES string of the molecule is O=S(=O)(NC1CCN(c2ccc(Cl)cc2Cl)C(c2ccc(Cl)cc2)C1)c1cccnc1. The van der Waals surface area contributed by atoms with Gasteiger partial charge in [0.15, 0.2) is 0 Å². The number of aromatic nitrogens is 1. The summed E-state index contributed by atoms with van der Waals surface area (Å²) in [5, 5.41) is 1.77. The minimum Gasteiger partial charge on any atom is -0.363 e. The third-order valence-electron chi connectivity index (χ3n) is 5.34. The summed E-state index contributed by atoms with van der Waals surface area (Å²) in [6, 6.07) is 15.8. The van der Waals surface area contributed by atoms with Crippen molar-refractivity contribution in [1.29, 1.82) is 0 Å². The molecule has 31 heavy (non-hydrogen) atoms. The molecule has 5 nitrogen and oxygen atoms in total. The van der Waals surface area contributed by atoms with E-state index < -0.39 is 10.0 Å². The van der Waals surface area contributed by atoms with Crippen LogP contribution in [0.15, 0.2) is 71.9 Å². The number of benzene rings is 2. The Hall–Kier alpha value is -1.83. The van der Waals surface area contributed by atoms with Gasteiger partial charge in [0.1, 0.15) is 4.90 Å². The summed E-state index contributed by atoms with van der Waals surface area (Å²) in [7, 11) is -3.66. The standard InChI is InChI=1S/C22H20Cl3N3O2S/c23-16-5-3-15(4-6-16)22-13-18(27-31(29,30)19-2-1-10-26-14-19)9-11-28(22)21-8-7-17(24)12-20(21)25/h1-8,10,12,14,18,22,27H,9,11,13H2. The maximum Gasteiger partial charge on any atom is 0.242 e. The first kappa shape index (κ1) is 22.4. The molecule has 0 spiro atoms. The summed E-state index contributed by atoms with van der Waals surface area (Å²) in [4.78, 5) is 6.26. The van der Waals surface area contributed by atoms with Gasteiger partial charge in [-0.3, -0.25) is 4.98 Å². The molecule has 0 radical (unpaired) electrons. The van der Waals surface area contributed by atoms with E-state index in [1.54, 1.807) is 24.4 Å². The van der Waals surface area contributed by atoms with Crippen molar-refractivity contribution in [3.8, 4) is 0 Å². The largest absolute Gasteiger partial charge is 0.363 e. The zero-order chi connectivity index (χ0) is 22.0. The van der Waals surface area contributed by atoms with Crippen LogP contribution in [0.5, 0.6) is 0 Å². The summed E-state index contributed by atoms with van der Waals surface area (Å²) in [5.41, 5.74) is 1.89. The topological polar surface area (TPSA) is 62.3 Å². The van der Waals surface area contributed by atoms with Crippen molar-refractivity contribution in [1.82, 2.24) is 9.71 Å². The van der Waals surface area contributed by atoms with E-state index >= 15 is 0 Å². The molecule has 0 amide bonds. The lowest BCUT2D eigenvalue weighted by molar-refractivity contribution is 0.395. The van der Waals surface area contributed by atoms with E-state index in [0.29, 0.717) is 34.5 Å². The number of nitrogens with one attached hydrogen (secondary N) is 1. The number of anilines is 1. The second-order valence-electron chi connectivity index (χ2n) is 7.39. The average molecular weight is 497 g/mol. The molecule has 1 aliphatic heterocycles. The molecule has 1 aliphatic rings. The highest BCUT2D eigenvalue weighted by atomic mass is 35.5. The Morgan fingerprint density at radius 1 is 1.00 bits per heavy atom. The Morgan fingerprint density at radius 2 is 1.74 bits per heavy atom. The van der Waals surface area contributed by atoms with Crippen molar-refractivity contribution in [2.45, 2.75) is 29.8 Å². The van der Waals surface area contributed by atoms with E-state index in [1.165, 1.54) is 12.3 Å². The molecule has 162 valence electrons. The summed E-state index contributed by atoms with van der Waals surface area (Å²) in [6.07, 6.45) is 4.09. The second kappa shape index (κ2) is 9.35. The predicted octanol–water partition coefficient (Wildman–Crippen LogP) is 5.73. The third kappa shape index (κ3) is 5.16. The van der Waals surface area contributed by atoms with E-state index in [-0.39, 0.29) is 17.0 Å². The first-order valence-corrected chi connectivity index (χ1v) is 12.3. The normalized spacial score (nSPS) is 19.4. The van der Waals surface area contributed by atoms with Crippen LogP contribution < -0.4 is 9.62 Å². The average Bonchev–Trinajstić information content (AvgIpc) is 2.75. The fourth-order valence-electron chi connectivity index (χ4n) is 3.87. The molecule has 0 aliphatic carbocycles. The highest BCUT2D eigenvalue weighted by Crippen LogP contribution is 2.39. The molecule has 9 heteroatoms. The molecule has 1 N–H and O–H groups in total. The summed E-state index contributed by atoms with van der Waals surface area (Å²) >= 11 is 18.7. The van der Waals surface area contributed by atoms with Crippen LogP contribution in [0.3, 0.4) is 0 Å². The number of hydrogen-bond acceptors (Lipinski definition) is 4. The Bertz CT molecular complexity index is 1160. The van der Waals surface area contributed by atoms with Crippen LogP contribution in [0.4, 0.5) is 5.69 Å². The maximum absolute atomic E-state index is 12.8. The van der Waals surface area contributed by atoms with Gasteiger partial charge in [0.05, 0.1) is 16.8 Å². The van der Waals surface area contributed by atoms with Gasteiger partial charge in [-0.05, 0) is 60.9 Å². The Labute approximate surface area is 197 Å². The number of halogens is 3. The molecule has 3 aromatic rings. The van der Waals surface area contributed by atoms with Crippen molar-refractivity contribution >= 4 is 50.5 Å². The number of pyridine rings is 1. The number of nitrogens with zero attached hydrogens (tertiary/aromatic N) is 2. The molecule has 2 heterocycles. The van der Waals surface area contributed by atoms with Gasteiger partial charge in [-0.1, -0.05) is 46.9 Å². The first-order valence-electron chi connectivity index (χ1n) is 9.73. The molecule has 2 atom stereocenters. The third-order valence-corrected chi connectivity index (χ3v) is 7.64. The van der Waals surface area contributed by atoms with Gasteiger partial charge in [-0.25, -0.2) is 13.1 Å². The monoisotopic (exact) mass is 495 g/mol. The van der Waals surface area contributed by atoms with Crippen LogP contribution in [-0.4, -0.2) is 26.0 Å². The van der Waals surface area contributed by atoms with E-state index in [4.69, 9.17) is 34.8 Å². The lowest BCUT2D eigenvalue weighted by Gasteiger charge is -2.42. The van der Waals surface area contributed by atoms with Gasteiger partial charge in [0.2, 0.25) is 10.0 Å². The summed E-state index contributed by atoms with van der Waals surface area (Å²) in [5.74, 6) is 0. The van der Waals surface area contributed by atoms with Crippen LogP contribution in [0.1, 0.15) is 24.4 Å². The first-order chi connectivity index (χ1) is 14.8. The van der Waals surface area contributed by atoms with Crippen LogP contribution in [0.25, 0.3) is 0 Å². The van der Waals surface area contributed by atoms with Gasteiger partial charge < -0.3 is 4.90 Å². The molecule has 1 saturated heterocycles. The van der Waals surface area contributed by atoms with Crippen molar-refractivity contribution < 1.29 is 8.42 Å². The van der Waals surface area contributed by atoms with E-state index in [9.17, 15) is 8.42 Å². The zero-order valence-electron chi connectivity index (χ0n) is 16.4. The lowest BCUT2D eigenvalue weighted by atomic mass is 9.91. The van der Waals surface area contributed by atoms with Crippen LogP contribution in [0, 0.1) is 0 Å². The highest BCUT2D eigenvalue weighted by molar-refractivity contribution is 7.89. The van der Waals surface area contributed by atoms with Crippen LogP contribution >= 0.6 is 34.8 Å². The van der Waals surface area contributed by atoms with Crippen LogP contribution in [0.2, 0.25) is 15.1 Å². The number of sulfonamides is 1. The maximum atomic E-state index is 12.8. The van der Waals surface area contributed by atoms with Gasteiger partial charge in [0, 0.05) is 35.0 Å². The minimum atomic E-state index is -3.66. The zero-order valence-corrected chi connectivity index (χ0v) is 19.5. The molecular weight excluding hydrogens is 477 g/mol. The summed E-state index contributed by atoms with van der Waals surface area (Å²) in [6.45, 7) is 0.620. The molecular formula is C22H20Cl3N3O2S. The summed E-state index contributed by atoms with van der Waals surface area (Å²) < 4.78 is 28.5. The number of hydrogen-bond donors (Lipinski definition) is 1. The molecule has 2 unspecified atom stereocenters. The molecule has 4 rings (SSSR count). The predicted molar refractivity (Wildman–Crippen MR) is 126 cm³/mol. The molecule has 0 saturated carbocycles. The fourth-order valence-corrected chi connectivity index (χ4v) is 5.76. The van der Waals surface area contributed by atoms with E-state index in [0.717, 1.165) is 11.3 Å². The second-order valence-corrected chi connectivity index (χ2v) is 10.4. The van der Waals surface area contributed by atoms with Gasteiger partial charge in [-0.15, -0.1) is 0 Å². The molecule has 1 aromatic heterocycles. The number of rotatable bonds is 5. The number of piperidine rings is 1. The van der Waals surface area contributed by atoms with Crippen molar-refractivity contribution in [3.63, 3.8) is 0 Å². The van der Waals surface area contributed by atoms with Gasteiger partial charge in [0.25, 0.3) is 0 Å². The Balaban J connectivity index is 1.63. The molecule has 2 aromatic carbocycles. The Morgan fingerprint density at radius 3 is 2.42 bits per heavy atom. The van der Waals surface area contributed by atoms with Crippen molar-refractivity contribution in [3.05, 3.63) is 87.6 Å². The van der Waals surface area contributed by atoms with Crippen LogP contribution in [-0.2, 0) is 10.0 Å². The molecule has 0 bridgehead atoms. The van der Waals surface area contributed by atoms with Gasteiger partial charge >= 0.3 is 0 Å². The van der Waals surface area contributed by atoms with Gasteiger partial charge in [-0.2, -0.15) is 0 Å². The van der Waals surface area contributed by atoms with E-state index in [1.807, 2.05) is 30.3 Å². The molecule has 1 fully saturated rings. The lowest BCUT2D eigenvalue weighted by Crippen LogP contribution is -2.46. The fraction of sp³-hybridized carbons (Fsp3) is 0.227. The minimum absolute atomic E-state index is 0.0914. The Kier molecular flexibility index (Phi) is 6.74. The van der Waals surface area contributed by atoms with E-state index in [2.05, 4.69) is 14.6 Å². The quantitative estimate of drug-likeness (QED) is 0.490. The highest BCUT2D eigenvalue weighted by Gasteiger charge is 2.33.